The molecule has 122 valence electrons. The van der Waals surface area contributed by atoms with Gasteiger partial charge in [0.25, 0.3) is 5.91 Å². The number of fused-ring (bicyclic) bond motifs is 1. The molecule has 4 rings (SSSR count). The maximum atomic E-state index is 13.8. The Balaban J connectivity index is 1.57. The van der Waals surface area contributed by atoms with Crippen molar-refractivity contribution < 1.29 is 13.7 Å². The normalized spacial score (nSPS) is 13.8. The smallest absolute Gasteiger partial charge is 0.276 e. The van der Waals surface area contributed by atoms with E-state index >= 15 is 0 Å². The first-order chi connectivity index (χ1) is 11.6. The molecule has 0 aliphatic carbocycles. The van der Waals surface area contributed by atoms with Crippen LogP contribution < -0.4 is 0 Å². The van der Waals surface area contributed by atoms with E-state index in [-0.39, 0.29) is 22.9 Å². The van der Waals surface area contributed by atoms with E-state index in [2.05, 4.69) is 15.4 Å². The summed E-state index contributed by atoms with van der Waals surface area (Å²) in [6, 6.07) is 7.66. The molecule has 0 unspecified atom stereocenters. The Labute approximate surface area is 136 Å². The molecule has 0 radical (unpaired) electrons. The second-order valence-electron chi connectivity index (χ2n) is 5.60. The summed E-state index contributed by atoms with van der Waals surface area (Å²) in [5.74, 6) is 1.11. The van der Waals surface area contributed by atoms with Crippen LogP contribution in [0.4, 0.5) is 4.39 Å². The molecule has 0 atom stereocenters. The lowest BCUT2D eigenvalue weighted by Crippen LogP contribution is -2.38. The van der Waals surface area contributed by atoms with Crippen LogP contribution in [0.5, 0.6) is 0 Å². The number of rotatable bonds is 2. The van der Waals surface area contributed by atoms with Gasteiger partial charge in [0.15, 0.2) is 17.3 Å². The number of aryl methyl sites for hydroxylation is 1. The van der Waals surface area contributed by atoms with E-state index in [0.29, 0.717) is 19.6 Å². The standard InChI is InChI=1S/C16H14FN5O2/c1-10-18-19-15-9-21(6-7-22(10)15)16(23)13-8-14(24-20-13)11-4-2-3-5-12(11)17/h2-5,8H,6-7,9H2,1H3. The SMILES string of the molecule is Cc1nnc2n1CCN(C(=O)c1cc(-c3ccccc3F)on1)C2. The Kier molecular flexibility index (Phi) is 3.37. The Bertz CT molecular complexity index is 917. The number of hydrogen-bond donors (Lipinski definition) is 0. The van der Waals surface area contributed by atoms with Crippen molar-refractivity contribution in [2.45, 2.75) is 20.0 Å². The molecular formula is C16H14FN5O2. The molecule has 8 heteroatoms. The number of carbonyl (C=O) groups excluding carboxylic acids is 1. The van der Waals surface area contributed by atoms with Gasteiger partial charge < -0.3 is 14.0 Å². The van der Waals surface area contributed by atoms with Crippen LogP contribution in [0.15, 0.2) is 34.9 Å². The van der Waals surface area contributed by atoms with Gasteiger partial charge >= 0.3 is 0 Å². The van der Waals surface area contributed by atoms with Gasteiger partial charge in [-0.3, -0.25) is 4.79 Å². The number of carbonyl (C=O) groups is 1. The number of amides is 1. The van der Waals surface area contributed by atoms with E-state index in [1.54, 1.807) is 23.1 Å². The average Bonchev–Trinajstić information content (AvgIpc) is 3.22. The number of benzene rings is 1. The summed E-state index contributed by atoms with van der Waals surface area (Å²) in [6.07, 6.45) is 0. The van der Waals surface area contributed by atoms with Crippen molar-refractivity contribution in [1.82, 2.24) is 24.8 Å². The predicted molar refractivity (Wildman–Crippen MR) is 81.4 cm³/mol. The van der Waals surface area contributed by atoms with E-state index in [9.17, 15) is 9.18 Å². The van der Waals surface area contributed by atoms with Gasteiger partial charge in [-0.15, -0.1) is 10.2 Å². The average molecular weight is 327 g/mol. The highest BCUT2D eigenvalue weighted by molar-refractivity contribution is 5.93. The van der Waals surface area contributed by atoms with Gasteiger partial charge in [-0.05, 0) is 19.1 Å². The van der Waals surface area contributed by atoms with Crippen molar-refractivity contribution in [2.24, 2.45) is 0 Å². The molecule has 2 aromatic heterocycles. The van der Waals surface area contributed by atoms with Crippen LogP contribution in [0.2, 0.25) is 0 Å². The monoisotopic (exact) mass is 327 g/mol. The topological polar surface area (TPSA) is 77.0 Å². The van der Waals surface area contributed by atoms with Gasteiger partial charge in [0.2, 0.25) is 0 Å². The summed E-state index contributed by atoms with van der Waals surface area (Å²) in [5, 5.41) is 11.9. The zero-order valence-electron chi connectivity index (χ0n) is 12.9. The van der Waals surface area contributed by atoms with Gasteiger partial charge in [0.05, 0.1) is 12.1 Å². The molecule has 0 N–H and O–H groups in total. The van der Waals surface area contributed by atoms with Gasteiger partial charge in [-0.25, -0.2) is 4.39 Å². The molecule has 1 aliphatic heterocycles. The summed E-state index contributed by atoms with van der Waals surface area (Å²) < 4.78 is 20.9. The number of nitrogens with zero attached hydrogens (tertiary/aromatic N) is 5. The lowest BCUT2D eigenvalue weighted by atomic mass is 10.1. The van der Waals surface area contributed by atoms with Crippen LogP contribution in [0, 0.1) is 12.7 Å². The summed E-state index contributed by atoms with van der Waals surface area (Å²) in [5.41, 5.74) is 0.427. The molecule has 24 heavy (non-hydrogen) atoms. The van der Waals surface area contributed by atoms with Crippen LogP contribution >= 0.6 is 0 Å². The number of aromatic nitrogens is 4. The van der Waals surface area contributed by atoms with Crippen molar-refractivity contribution in [1.29, 1.82) is 0 Å². The highest BCUT2D eigenvalue weighted by Crippen LogP contribution is 2.24. The third-order valence-corrected chi connectivity index (χ3v) is 4.09. The van der Waals surface area contributed by atoms with Crippen molar-refractivity contribution in [3.05, 3.63) is 53.5 Å². The maximum absolute atomic E-state index is 13.8. The molecule has 0 bridgehead atoms. The second kappa shape index (κ2) is 5.55. The molecule has 1 amide bonds. The second-order valence-corrected chi connectivity index (χ2v) is 5.60. The molecule has 7 nitrogen and oxygen atoms in total. The Morgan fingerprint density at radius 1 is 1.25 bits per heavy atom. The van der Waals surface area contributed by atoms with Crippen LogP contribution in [-0.4, -0.2) is 37.3 Å². The molecule has 1 aliphatic rings. The summed E-state index contributed by atoms with van der Waals surface area (Å²) in [7, 11) is 0. The summed E-state index contributed by atoms with van der Waals surface area (Å²) >= 11 is 0. The van der Waals surface area contributed by atoms with Gasteiger partial charge in [-0.1, -0.05) is 17.3 Å². The third-order valence-electron chi connectivity index (χ3n) is 4.09. The minimum Gasteiger partial charge on any atom is -0.355 e. The first-order valence-electron chi connectivity index (χ1n) is 7.53. The predicted octanol–water partition coefficient (Wildman–Crippen LogP) is 2.04. The Hall–Kier alpha value is -3.03. The van der Waals surface area contributed by atoms with E-state index in [1.807, 2.05) is 11.5 Å². The van der Waals surface area contributed by atoms with Crippen molar-refractivity contribution in [3.8, 4) is 11.3 Å². The molecular weight excluding hydrogens is 313 g/mol. The fourth-order valence-corrected chi connectivity index (χ4v) is 2.80. The molecule has 0 saturated heterocycles. The molecule has 0 fully saturated rings. The molecule has 0 saturated carbocycles. The number of hydrogen-bond acceptors (Lipinski definition) is 5. The van der Waals surface area contributed by atoms with Crippen LogP contribution in [-0.2, 0) is 13.1 Å². The summed E-state index contributed by atoms with van der Waals surface area (Å²) in [4.78, 5) is 14.2. The minimum absolute atomic E-state index is 0.151. The first kappa shape index (κ1) is 14.6. The van der Waals surface area contributed by atoms with Crippen LogP contribution in [0.25, 0.3) is 11.3 Å². The van der Waals surface area contributed by atoms with Crippen molar-refractivity contribution in [3.63, 3.8) is 0 Å². The largest absolute Gasteiger partial charge is 0.355 e. The van der Waals surface area contributed by atoms with Crippen LogP contribution in [0.3, 0.4) is 0 Å². The number of halogens is 1. The van der Waals surface area contributed by atoms with E-state index < -0.39 is 5.82 Å². The molecule has 1 aromatic carbocycles. The third kappa shape index (κ3) is 2.36. The Morgan fingerprint density at radius 3 is 2.92 bits per heavy atom. The quantitative estimate of drug-likeness (QED) is 0.720. The highest BCUT2D eigenvalue weighted by atomic mass is 19.1. The molecule has 3 aromatic rings. The van der Waals surface area contributed by atoms with Gasteiger partial charge in [0.1, 0.15) is 11.6 Å². The lowest BCUT2D eigenvalue weighted by Gasteiger charge is -2.26. The fraction of sp³-hybridized carbons (Fsp3) is 0.250. The zero-order chi connectivity index (χ0) is 16.7. The summed E-state index contributed by atoms with van der Waals surface area (Å²) in [6.45, 7) is 3.42. The minimum atomic E-state index is -0.422. The van der Waals surface area contributed by atoms with Crippen molar-refractivity contribution >= 4 is 5.91 Å². The van der Waals surface area contributed by atoms with Crippen LogP contribution in [0.1, 0.15) is 22.1 Å². The van der Waals surface area contributed by atoms with Crippen molar-refractivity contribution in [2.75, 3.05) is 6.54 Å². The maximum Gasteiger partial charge on any atom is 0.276 e. The van der Waals surface area contributed by atoms with E-state index in [1.165, 1.54) is 12.1 Å². The lowest BCUT2D eigenvalue weighted by molar-refractivity contribution is 0.0696. The Morgan fingerprint density at radius 2 is 2.08 bits per heavy atom. The van der Waals surface area contributed by atoms with Gasteiger partial charge in [-0.2, -0.15) is 0 Å². The highest BCUT2D eigenvalue weighted by Gasteiger charge is 2.26. The molecule has 0 spiro atoms. The van der Waals surface area contributed by atoms with E-state index in [4.69, 9.17) is 4.52 Å². The first-order valence-corrected chi connectivity index (χ1v) is 7.53. The fourth-order valence-electron chi connectivity index (χ4n) is 2.80. The zero-order valence-corrected chi connectivity index (χ0v) is 12.9. The van der Waals surface area contributed by atoms with E-state index in [0.717, 1.165) is 11.6 Å². The van der Waals surface area contributed by atoms with Gasteiger partial charge in [0, 0.05) is 19.2 Å². The molecule has 3 heterocycles.